The predicted molar refractivity (Wildman–Crippen MR) is 60.6 cm³/mol. The van der Waals surface area contributed by atoms with E-state index in [-0.39, 0.29) is 5.03 Å². The molecule has 1 rings (SSSR count). The fourth-order valence-corrected chi connectivity index (χ4v) is 1.15. The Morgan fingerprint density at radius 2 is 2.07 bits per heavy atom. The van der Waals surface area contributed by atoms with Gasteiger partial charge in [0.05, 0.1) is 16.3 Å². The van der Waals surface area contributed by atoms with E-state index in [1.165, 1.54) is 6.21 Å². The first-order chi connectivity index (χ1) is 7.25. The van der Waals surface area contributed by atoms with Crippen LogP contribution in [0.1, 0.15) is 5.56 Å². The first kappa shape index (κ1) is 11.7. The van der Waals surface area contributed by atoms with Crippen molar-refractivity contribution in [1.29, 1.82) is 0 Å². The number of carbonyl (C=O) groups excluding carboxylic acids is 1. The van der Waals surface area contributed by atoms with Gasteiger partial charge in [0.1, 0.15) is 0 Å². The summed E-state index contributed by atoms with van der Waals surface area (Å²) in [6, 6.07) is 3.43. The van der Waals surface area contributed by atoms with Crippen molar-refractivity contribution in [3.05, 3.63) is 35.1 Å². The van der Waals surface area contributed by atoms with Crippen LogP contribution in [0.15, 0.2) is 34.7 Å². The summed E-state index contributed by atoms with van der Waals surface area (Å²) in [5.41, 5.74) is 2.82. The number of amides is 1. The van der Waals surface area contributed by atoms with Gasteiger partial charge in [0.15, 0.2) is 0 Å². The van der Waals surface area contributed by atoms with E-state index >= 15 is 0 Å². The zero-order chi connectivity index (χ0) is 11.1. The van der Waals surface area contributed by atoms with Crippen molar-refractivity contribution in [3.8, 4) is 0 Å². The summed E-state index contributed by atoms with van der Waals surface area (Å²) < 4.78 is 0. The maximum absolute atomic E-state index is 9.90. The van der Waals surface area contributed by atoms with Crippen LogP contribution in [0.3, 0.4) is 0 Å². The number of nitrogens with zero attached hydrogens (tertiary/aromatic N) is 2. The van der Waals surface area contributed by atoms with E-state index < -0.39 is 0 Å². The summed E-state index contributed by atoms with van der Waals surface area (Å²) in [5, 5.41) is 4.08. The molecule has 0 atom stereocenters. The zero-order valence-electron chi connectivity index (χ0n) is 7.52. The van der Waals surface area contributed by atoms with Gasteiger partial charge in [-0.15, -0.1) is 0 Å². The average Bonchev–Trinajstić information content (AvgIpc) is 2.29. The van der Waals surface area contributed by atoms with E-state index in [4.69, 9.17) is 23.2 Å². The molecule has 0 fully saturated rings. The second-order valence-electron chi connectivity index (χ2n) is 2.40. The van der Waals surface area contributed by atoms with E-state index in [0.717, 1.165) is 5.56 Å². The number of halogens is 2. The predicted octanol–water partition coefficient (Wildman–Crippen LogP) is 1.96. The Hall–Kier alpha value is -1.39. The molecule has 1 aromatic heterocycles. The molecule has 0 saturated heterocycles. The number of aromatic nitrogens is 1. The third kappa shape index (κ3) is 3.69. The molecule has 1 amide bonds. The number of hydrazone groups is 1. The minimum atomic E-state index is 0.234. The number of rotatable bonds is 4. The lowest BCUT2D eigenvalue weighted by Crippen LogP contribution is -2.00. The standard InChI is InChI=1S/C9H7Cl2N3O/c10-8(5-13-14-6-15)9(11)7-1-3-12-4-2-7/h1-6H,(H,14,15)/b9-8-,13-5-. The van der Waals surface area contributed by atoms with Crippen molar-refractivity contribution in [2.45, 2.75) is 0 Å². The quantitative estimate of drug-likeness (QED) is 0.500. The van der Waals surface area contributed by atoms with E-state index in [0.29, 0.717) is 11.4 Å². The molecule has 1 aromatic rings. The van der Waals surface area contributed by atoms with E-state index in [9.17, 15) is 4.79 Å². The molecular formula is C9H7Cl2N3O. The van der Waals surface area contributed by atoms with Crippen molar-refractivity contribution >= 4 is 40.9 Å². The van der Waals surface area contributed by atoms with Crippen LogP contribution in [0.25, 0.3) is 5.03 Å². The van der Waals surface area contributed by atoms with Crippen LogP contribution in [0.2, 0.25) is 0 Å². The molecule has 1 N–H and O–H groups in total. The number of hydrogen-bond donors (Lipinski definition) is 1. The number of pyridine rings is 1. The van der Waals surface area contributed by atoms with Gasteiger partial charge in [-0.1, -0.05) is 23.2 Å². The highest BCUT2D eigenvalue weighted by molar-refractivity contribution is 6.58. The Balaban J connectivity index is 2.85. The van der Waals surface area contributed by atoms with Crippen LogP contribution in [-0.4, -0.2) is 17.6 Å². The van der Waals surface area contributed by atoms with Gasteiger partial charge >= 0.3 is 0 Å². The third-order valence-corrected chi connectivity index (χ3v) is 2.25. The minimum absolute atomic E-state index is 0.234. The molecular weight excluding hydrogens is 237 g/mol. The van der Waals surface area contributed by atoms with Crippen molar-refractivity contribution in [2.75, 3.05) is 0 Å². The maximum Gasteiger partial charge on any atom is 0.227 e. The lowest BCUT2D eigenvalue weighted by Gasteiger charge is -1.98. The molecule has 0 unspecified atom stereocenters. The van der Waals surface area contributed by atoms with E-state index in [2.05, 4.69) is 15.5 Å². The molecule has 0 radical (unpaired) electrons. The molecule has 78 valence electrons. The molecule has 0 saturated carbocycles. The molecule has 0 bridgehead atoms. The van der Waals surface area contributed by atoms with Gasteiger partial charge in [-0.05, 0) is 17.7 Å². The van der Waals surface area contributed by atoms with Gasteiger partial charge in [0.25, 0.3) is 0 Å². The van der Waals surface area contributed by atoms with Gasteiger partial charge in [0, 0.05) is 12.4 Å². The molecule has 6 heteroatoms. The Labute approximate surface area is 96.6 Å². The number of nitrogens with one attached hydrogen (secondary N) is 1. The van der Waals surface area contributed by atoms with Gasteiger partial charge < -0.3 is 0 Å². The lowest BCUT2D eigenvalue weighted by molar-refractivity contribution is -0.109. The summed E-state index contributed by atoms with van der Waals surface area (Å²) in [6.45, 7) is 0. The summed E-state index contributed by atoms with van der Waals surface area (Å²) in [4.78, 5) is 13.7. The Bertz CT molecular complexity index is 390. The maximum atomic E-state index is 9.90. The lowest BCUT2D eigenvalue weighted by atomic mass is 10.2. The van der Waals surface area contributed by atoms with Crippen molar-refractivity contribution in [3.63, 3.8) is 0 Å². The van der Waals surface area contributed by atoms with E-state index in [1.807, 2.05) is 0 Å². The van der Waals surface area contributed by atoms with Crippen LogP contribution in [-0.2, 0) is 4.79 Å². The third-order valence-electron chi connectivity index (χ3n) is 1.45. The molecule has 15 heavy (non-hydrogen) atoms. The molecule has 4 nitrogen and oxygen atoms in total. The van der Waals surface area contributed by atoms with Crippen LogP contribution in [0.5, 0.6) is 0 Å². The number of hydrogen-bond acceptors (Lipinski definition) is 3. The smallest absolute Gasteiger partial charge is 0.227 e. The number of carbonyl (C=O) groups is 1. The minimum Gasteiger partial charge on any atom is -0.277 e. The van der Waals surface area contributed by atoms with Crippen molar-refractivity contribution in [1.82, 2.24) is 10.4 Å². The van der Waals surface area contributed by atoms with Gasteiger partial charge in [-0.25, -0.2) is 5.43 Å². The fraction of sp³-hybridized carbons (Fsp3) is 0. The Morgan fingerprint density at radius 1 is 1.40 bits per heavy atom. The first-order valence-corrected chi connectivity index (χ1v) is 4.69. The monoisotopic (exact) mass is 243 g/mol. The summed E-state index contributed by atoms with van der Waals surface area (Å²) in [6.07, 6.45) is 4.88. The summed E-state index contributed by atoms with van der Waals surface area (Å²) in [7, 11) is 0. The molecule has 0 aromatic carbocycles. The molecule has 0 spiro atoms. The van der Waals surface area contributed by atoms with Gasteiger partial charge in [-0.2, -0.15) is 5.10 Å². The van der Waals surface area contributed by atoms with Crippen LogP contribution >= 0.6 is 23.2 Å². The molecule has 0 aliphatic rings. The summed E-state index contributed by atoms with van der Waals surface area (Å²) >= 11 is 11.8. The van der Waals surface area contributed by atoms with Crippen LogP contribution in [0.4, 0.5) is 0 Å². The topological polar surface area (TPSA) is 54.4 Å². The fourth-order valence-electron chi connectivity index (χ4n) is 0.817. The first-order valence-electron chi connectivity index (χ1n) is 3.93. The zero-order valence-corrected chi connectivity index (χ0v) is 9.03. The largest absolute Gasteiger partial charge is 0.277 e. The second-order valence-corrected chi connectivity index (χ2v) is 3.19. The van der Waals surface area contributed by atoms with Gasteiger partial charge in [-0.3, -0.25) is 9.78 Å². The van der Waals surface area contributed by atoms with Crippen molar-refractivity contribution in [2.24, 2.45) is 5.10 Å². The van der Waals surface area contributed by atoms with Crippen LogP contribution in [0, 0.1) is 0 Å². The second kappa shape index (κ2) is 6.16. The van der Waals surface area contributed by atoms with E-state index in [1.54, 1.807) is 24.5 Å². The molecule has 0 aliphatic heterocycles. The highest BCUT2D eigenvalue weighted by atomic mass is 35.5. The normalized spacial score (nSPS) is 12.4. The van der Waals surface area contributed by atoms with Crippen LogP contribution < -0.4 is 5.43 Å². The molecule has 0 aliphatic carbocycles. The highest BCUT2D eigenvalue weighted by Crippen LogP contribution is 2.23. The van der Waals surface area contributed by atoms with Gasteiger partial charge in [0.2, 0.25) is 6.41 Å². The molecule has 1 heterocycles. The summed E-state index contributed by atoms with van der Waals surface area (Å²) in [5.74, 6) is 0. The Kier molecular flexibility index (Phi) is 4.80. The Morgan fingerprint density at radius 3 is 2.67 bits per heavy atom. The van der Waals surface area contributed by atoms with Crippen molar-refractivity contribution < 1.29 is 4.79 Å². The highest BCUT2D eigenvalue weighted by Gasteiger charge is 2.02. The number of allylic oxidation sites excluding steroid dienone is 1. The SMILES string of the molecule is O=CN/N=C\C(Cl)=C(\Cl)c1ccncc1. The average molecular weight is 244 g/mol.